The SMILES string of the molecule is [2H]COc1ccc2c(c1)[C@]1(CCN(C)C)CCCCC1CC2. The number of rotatable bonds is 4. The average molecular weight is 288 g/mol. The maximum Gasteiger partial charge on any atom is 0.119 e. The normalized spacial score (nSPS) is 28.7. The molecule has 0 bridgehead atoms. The van der Waals surface area contributed by atoms with Crippen molar-refractivity contribution in [3.8, 4) is 5.75 Å². The number of hydrogen-bond donors (Lipinski definition) is 0. The van der Waals surface area contributed by atoms with E-state index in [1.807, 2.05) is 0 Å². The Labute approximate surface area is 130 Å². The second-order valence-corrected chi connectivity index (χ2v) is 7.15. The Bertz CT molecular complexity index is 516. The molecular formula is C19H29NO. The van der Waals surface area contributed by atoms with Crippen LogP contribution in [0, 0.1) is 5.92 Å². The van der Waals surface area contributed by atoms with Crippen molar-refractivity contribution in [3.05, 3.63) is 29.3 Å². The van der Waals surface area contributed by atoms with Crippen LogP contribution < -0.4 is 4.74 Å². The third kappa shape index (κ3) is 2.70. The van der Waals surface area contributed by atoms with Gasteiger partial charge >= 0.3 is 0 Å². The van der Waals surface area contributed by atoms with Gasteiger partial charge in [-0.3, -0.25) is 0 Å². The van der Waals surface area contributed by atoms with Crippen LogP contribution in [-0.2, 0) is 11.8 Å². The zero-order chi connectivity index (χ0) is 15.6. The van der Waals surface area contributed by atoms with Crippen LogP contribution in [0.1, 0.15) is 51.0 Å². The van der Waals surface area contributed by atoms with Crippen LogP contribution in [-0.4, -0.2) is 32.6 Å². The Morgan fingerprint density at radius 2 is 2.24 bits per heavy atom. The van der Waals surface area contributed by atoms with Crippen LogP contribution in [0.3, 0.4) is 0 Å². The van der Waals surface area contributed by atoms with Crippen molar-refractivity contribution < 1.29 is 6.11 Å². The summed E-state index contributed by atoms with van der Waals surface area (Å²) in [7, 11) is 4.36. The molecule has 0 radical (unpaired) electrons. The molecule has 1 fully saturated rings. The number of nitrogens with zero attached hydrogens (tertiary/aromatic N) is 1. The molecule has 0 aliphatic heterocycles. The molecule has 21 heavy (non-hydrogen) atoms. The lowest BCUT2D eigenvalue weighted by Gasteiger charge is -2.49. The van der Waals surface area contributed by atoms with E-state index in [-0.39, 0.29) is 7.09 Å². The van der Waals surface area contributed by atoms with E-state index in [0.717, 1.165) is 18.2 Å². The zero-order valence-corrected chi connectivity index (χ0v) is 13.5. The van der Waals surface area contributed by atoms with Crippen molar-refractivity contribution in [1.82, 2.24) is 4.90 Å². The van der Waals surface area contributed by atoms with Crippen LogP contribution in [0.25, 0.3) is 0 Å². The molecule has 2 heteroatoms. The van der Waals surface area contributed by atoms with Crippen molar-refractivity contribution in [2.75, 3.05) is 27.7 Å². The van der Waals surface area contributed by atoms with Gasteiger partial charge in [0, 0.05) is 0 Å². The van der Waals surface area contributed by atoms with Gasteiger partial charge in [0.15, 0.2) is 0 Å². The standard InChI is InChI=1S/C19H29NO/c1-20(2)13-12-19-11-5-4-6-16(19)9-7-15-8-10-17(21-3)14-18(15)19/h8,10,14,16H,4-7,9,11-13H2,1-3H3/t16?,19-/m0/s1/i3D. The Morgan fingerprint density at radius 1 is 1.33 bits per heavy atom. The highest BCUT2D eigenvalue weighted by molar-refractivity contribution is 5.43. The zero-order valence-electron chi connectivity index (χ0n) is 14.5. The van der Waals surface area contributed by atoms with Gasteiger partial charge in [-0.1, -0.05) is 18.9 Å². The van der Waals surface area contributed by atoms with E-state index in [0.29, 0.717) is 5.41 Å². The number of fused-ring (bicyclic) bond motifs is 3. The first kappa shape index (κ1) is 13.6. The van der Waals surface area contributed by atoms with Gasteiger partial charge in [0.25, 0.3) is 0 Å². The van der Waals surface area contributed by atoms with E-state index < -0.39 is 0 Å². The molecule has 2 aliphatic carbocycles. The van der Waals surface area contributed by atoms with Gasteiger partial charge < -0.3 is 9.64 Å². The third-order valence-corrected chi connectivity index (χ3v) is 5.76. The monoisotopic (exact) mass is 288 g/mol. The molecule has 0 aromatic heterocycles. The van der Waals surface area contributed by atoms with Gasteiger partial charge in [0.1, 0.15) is 5.75 Å². The minimum atomic E-state index is 0.00686. The molecular weight excluding hydrogens is 258 g/mol. The van der Waals surface area contributed by atoms with Gasteiger partial charge in [-0.2, -0.15) is 0 Å². The first-order valence-electron chi connectivity index (χ1n) is 9.06. The Morgan fingerprint density at radius 3 is 3.05 bits per heavy atom. The summed E-state index contributed by atoms with van der Waals surface area (Å²) in [5, 5.41) is 0. The summed E-state index contributed by atoms with van der Waals surface area (Å²) < 4.78 is 12.8. The third-order valence-electron chi connectivity index (χ3n) is 5.76. The summed E-state index contributed by atoms with van der Waals surface area (Å²) in [5.74, 6) is 1.71. The highest BCUT2D eigenvalue weighted by Gasteiger charge is 2.45. The summed E-state index contributed by atoms with van der Waals surface area (Å²) in [4.78, 5) is 2.32. The van der Waals surface area contributed by atoms with E-state index >= 15 is 0 Å². The van der Waals surface area contributed by atoms with E-state index in [9.17, 15) is 0 Å². The predicted octanol–water partition coefficient (Wildman–Crippen LogP) is 4.02. The second kappa shape index (κ2) is 6.00. The van der Waals surface area contributed by atoms with Crippen LogP contribution in [0.2, 0.25) is 0 Å². The number of benzene rings is 1. The van der Waals surface area contributed by atoms with Crippen molar-refractivity contribution in [3.63, 3.8) is 0 Å². The maximum absolute atomic E-state index is 7.32. The van der Waals surface area contributed by atoms with Gasteiger partial charge in [-0.05, 0) is 87.3 Å². The lowest BCUT2D eigenvalue weighted by molar-refractivity contribution is 0.135. The average Bonchev–Trinajstić information content (AvgIpc) is 2.53. The molecule has 0 spiro atoms. The molecule has 1 unspecified atom stereocenters. The second-order valence-electron chi connectivity index (χ2n) is 7.15. The van der Waals surface area contributed by atoms with E-state index in [2.05, 4.69) is 37.2 Å². The molecule has 0 amide bonds. The largest absolute Gasteiger partial charge is 0.497 e. The Hall–Kier alpha value is -1.02. The lowest BCUT2D eigenvalue weighted by Crippen LogP contribution is -2.43. The van der Waals surface area contributed by atoms with Crippen LogP contribution in [0.15, 0.2) is 18.2 Å². The van der Waals surface area contributed by atoms with Crippen molar-refractivity contribution >= 4 is 0 Å². The molecule has 3 rings (SSSR count). The quantitative estimate of drug-likeness (QED) is 0.829. The fourth-order valence-corrected chi connectivity index (χ4v) is 4.63. The smallest absolute Gasteiger partial charge is 0.119 e. The Balaban J connectivity index is 1.99. The van der Waals surface area contributed by atoms with Gasteiger partial charge in [0.05, 0.1) is 8.46 Å². The minimum Gasteiger partial charge on any atom is -0.497 e. The van der Waals surface area contributed by atoms with Gasteiger partial charge in [-0.15, -0.1) is 0 Å². The highest BCUT2D eigenvalue weighted by atomic mass is 16.5. The number of aryl methyl sites for hydroxylation is 1. The molecule has 0 saturated heterocycles. The van der Waals surface area contributed by atoms with Crippen LogP contribution >= 0.6 is 0 Å². The molecule has 116 valence electrons. The summed E-state index contributed by atoms with van der Waals surface area (Å²) in [6, 6.07) is 6.57. The fraction of sp³-hybridized carbons (Fsp3) is 0.684. The fourth-order valence-electron chi connectivity index (χ4n) is 4.63. The maximum atomic E-state index is 7.32. The van der Waals surface area contributed by atoms with Gasteiger partial charge in [0.2, 0.25) is 0 Å². The lowest BCUT2D eigenvalue weighted by atomic mass is 9.56. The first-order chi connectivity index (χ1) is 10.7. The van der Waals surface area contributed by atoms with E-state index in [1.165, 1.54) is 56.1 Å². The van der Waals surface area contributed by atoms with Crippen molar-refractivity contribution in [2.24, 2.45) is 5.92 Å². The molecule has 2 atom stereocenters. The summed E-state index contributed by atoms with van der Waals surface area (Å²) in [6.07, 6.45) is 9.27. The van der Waals surface area contributed by atoms with Crippen LogP contribution in [0.4, 0.5) is 0 Å². The minimum absolute atomic E-state index is 0.00686. The molecule has 0 heterocycles. The molecule has 2 aliphatic rings. The van der Waals surface area contributed by atoms with Crippen LogP contribution in [0.5, 0.6) is 5.75 Å². The van der Waals surface area contributed by atoms with E-state index in [1.54, 1.807) is 0 Å². The molecule has 1 aromatic carbocycles. The van der Waals surface area contributed by atoms with Gasteiger partial charge in [-0.25, -0.2) is 0 Å². The molecule has 1 saturated carbocycles. The van der Waals surface area contributed by atoms with Crippen molar-refractivity contribution in [1.29, 1.82) is 0 Å². The number of methoxy groups -OCH3 is 1. The molecule has 2 nitrogen and oxygen atoms in total. The summed E-state index contributed by atoms with van der Waals surface area (Å²) >= 11 is 0. The topological polar surface area (TPSA) is 12.5 Å². The van der Waals surface area contributed by atoms with E-state index in [4.69, 9.17) is 6.11 Å². The Kier molecular flexibility index (Phi) is 3.89. The molecule has 1 aromatic rings. The predicted molar refractivity (Wildman–Crippen MR) is 88.1 cm³/mol. The summed E-state index contributed by atoms with van der Waals surface area (Å²) in [6.45, 7) is 1.15. The summed E-state index contributed by atoms with van der Waals surface area (Å²) in [5.41, 5.74) is 3.41. The molecule has 0 N–H and O–H groups in total. The highest BCUT2D eigenvalue weighted by Crippen LogP contribution is 2.52. The van der Waals surface area contributed by atoms with Crippen molar-refractivity contribution in [2.45, 2.75) is 50.4 Å². The number of ether oxygens (including phenoxy) is 1. The number of hydrogen-bond acceptors (Lipinski definition) is 2. The first-order valence-corrected chi connectivity index (χ1v) is 8.36.